The third-order valence-electron chi connectivity index (χ3n) is 3.73. The number of nitrogens with one attached hydrogen (secondary N) is 1. The third-order valence-corrected chi connectivity index (χ3v) is 3.73. The van der Waals surface area contributed by atoms with Gasteiger partial charge in [-0.3, -0.25) is 4.68 Å². The summed E-state index contributed by atoms with van der Waals surface area (Å²) in [6, 6.07) is 0. The zero-order valence-corrected chi connectivity index (χ0v) is 13.7. The topological polar surface area (TPSA) is 42.3 Å². The Hall–Kier alpha value is -1.07. The van der Waals surface area contributed by atoms with Gasteiger partial charge in [-0.25, -0.2) is 0 Å². The zero-order valence-electron chi connectivity index (χ0n) is 13.7. The molecule has 2 rings (SSSR count). The number of morpholine rings is 1. The molecule has 0 spiro atoms. The van der Waals surface area contributed by atoms with E-state index in [1.54, 1.807) is 0 Å². The zero-order chi connectivity index (χ0) is 14.9. The van der Waals surface area contributed by atoms with Crippen LogP contribution in [0, 0.1) is 6.92 Å². The van der Waals surface area contributed by atoms with Crippen LogP contribution in [0.1, 0.15) is 39.0 Å². The van der Waals surface area contributed by atoms with Crippen molar-refractivity contribution in [2.45, 2.75) is 52.9 Å². The Labute approximate surface area is 122 Å². The molecule has 2 heterocycles. The summed E-state index contributed by atoms with van der Waals surface area (Å²) in [5, 5.41) is 8.02. The SMILES string of the molecule is CCNCc1c(C)nn(C)c1N1CC(C)OC(C)(C)C1. The normalized spacial score (nSPS) is 22.3. The molecule has 5 nitrogen and oxygen atoms in total. The van der Waals surface area contributed by atoms with Gasteiger partial charge >= 0.3 is 0 Å². The molecule has 5 heteroatoms. The lowest BCUT2D eigenvalue weighted by Gasteiger charge is -2.43. The largest absolute Gasteiger partial charge is 0.369 e. The highest BCUT2D eigenvalue weighted by Gasteiger charge is 2.33. The van der Waals surface area contributed by atoms with E-state index < -0.39 is 0 Å². The molecule has 0 aromatic carbocycles. The minimum atomic E-state index is -0.120. The molecule has 1 unspecified atom stereocenters. The van der Waals surface area contributed by atoms with Crippen LogP contribution in [0.25, 0.3) is 0 Å². The van der Waals surface area contributed by atoms with E-state index in [0.717, 1.165) is 31.9 Å². The van der Waals surface area contributed by atoms with Crippen molar-refractivity contribution in [3.8, 4) is 0 Å². The highest BCUT2D eigenvalue weighted by molar-refractivity contribution is 5.51. The van der Waals surface area contributed by atoms with Gasteiger partial charge in [0, 0.05) is 32.2 Å². The van der Waals surface area contributed by atoms with Crippen LogP contribution >= 0.6 is 0 Å². The summed E-state index contributed by atoms with van der Waals surface area (Å²) in [6.45, 7) is 14.3. The maximum absolute atomic E-state index is 6.01. The molecule has 1 aromatic heterocycles. The smallest absolute Gasteiger partial charge is 0.131 e. The van der Waals surface area contributed by atoms with Crippen molar-refractivity contribution in [1.82, 2.24) is 15.1 Å². The molecule has 1 fully saturated rings. The number of hydrogen-bond donors (Lipinski definition) is 1. The first-order chi connectivity index (χ1) is 9.34. The van der Waals surface area contributed by atoms with Crippen molar-refractivity contribution in [3.05, 3.63) is 11.3 Å². The highest BCUT2D eigenvalue weighted by Crippen LogP contribution is 2.29. The van der Waals surface area contributed by atoms with Gasteiger partial charge in [-0.05, 0) is 34.2 Å². The average molecular weight is 280 g/mol. The first-order valence-electron chi connectivity index (χ1n) is 7.50. The van der Waals surface area contributed by atoms with Gasteiger partial charge in [-0.2, -0.15) is 5.10 Å². The Kier molecular flexibility index (Phi) is 4.39. The van der Waals surface area contributed by atoms with Crippen LogP contribution in [0.15, 0.2) is 0 Å². The molecule has 1 atom stereocenters. The summed E-state index contributed by atoms with van der Waals surface area (Å²) in [7, 11) is 2.03. The van der Waals surface area contributed by atoms with Crippen LogP contribution in [0.2, 0.25) is 0 Å². The molecular formula is C15H28N4O. The number of aryl methyl sites for hydroxylation is 2. The van der Waals surface area contributed by atoms with Gasteiger partial charge < -0.3 is 15.0 Å². The molecule has 0 aliphatic carbocycles. The van der Waals surface area contributed by atoms with E-state index in [0.29, 0.717) is 0 Å². The van der Waals surface area contributed by atoms with Gasteiger partial charge in [0.1, 0.15) is 5.82 Å². The van der Waals surface area contributed by atoms with Crippen LogP contribution in [-0.4, -0.2) is 41.1 Å². The maximum atomic E-state index is 6.01. The number of hydrogen-bond acceptors (Lipinski definition) is 4. The molecule has 1 N–H and O–H groups in total. The Morgan fingerprint density at radius 1 is 1.45 bits per heavy atom. The fraction of sp³-hybridized carbons (Fsp3) is 0.800. The highest BCUT2D eigenvalue weighted by atomic mass is 16.5. The fourth-order valence-electron chi connectivity index (χ4n) is 3.16. The summed E-state index contributed by atoms with van der Waals surface area (Å²) in [5.41, 5.74) is 2.30. The van der Waals surface area contributed by atoms with E-state index >= 15 is 0 Å². The summed E-state index contributed by atoms with van der Waals surface area (Å²) < 4.78 is 8.02. The molecule has 114 valence electrons. The molecule has 1 aliphatic rings. The van der Waals surface area contributed by atoms with E-state index in [1.807, 2.05) is 11.7 Å². The molecule has 20 heavy (non-hydrogen) atoms. The number of anilines is 1. The van der Waals surface area contributed by atoms with Crippen molar-refractivity contribution in [2.75, 3.05) is 24.5 Å². The van der Waals surface area contributed by atoms with E-state index in [1.165, 1.54) is 11.4 Å². The monoisotopic (exact) mass is 280 g/mol. The molecule has 0 saturated carbocycles. The second-order valence-electron chi connectivity index (χ2n) is 6.36. The number of rotatable bonds is 4. The van der Waals surface area contributed by atoms with Crippen molar-refractivity contribution < 1.29 is 4.74 Å². The number of ether oxygens (including phenoxy) is 1. The summed E-state index contributed by atoms with van der Waals surface area (Å²) in [5.74, 6) is 1.23. The van der Waals surface area contributed by atoms with E-state index in [2.05, 4.69) is 49.9 Å². The summed E-state index contributed by atoms with van der Waals surface area (Å²) in [6.07, 6.45) is 0.237. The number of nitrogens with zero attached hydrogens (tertiary/aromatic N) is 3. The first-order valence-corrected chi connectivity index (χ1v) is 7.50. The maximum Gasteiger partial charge on any atom is 0.131 e. The van der Waals surface area contributed by atoms with Crippen LogP contribution in [0.4, 0.5) is 5.82 Å². The quantitative estimate of drug-likeness (QED) is 0.914. The van der Waals surface area contributed by atoms with Gasteiger partial charge in [0.2, 0.25) is 0 Å². The first kappa shape index (κ1) is 15.3. The predicted octanol–water partition coefficient (Wildman–Crippen LogP) is 1.84. The van der Waals surface area contributed by atoms with Crippen molar-refractivity contribution in [1.29, 1.82) is 0 Å². The molecule has 1 saturated heterocycles. The Bertz CT molecular complexity index is 467. The van der Waals surface area contributed by atoms with Gasteiger partial charge in [-0.1, -0.05) is 6.92 Å². The van der Waals surface area contributed by atoms with E-state index in [9.17, 15) is 0 Å². The molecule has 1 aliphatic heterocycles. The minimum Gasteiger partial charge on any atom is -0.369 e. The van der Waals surface area contributed by atoms with Gasteiger partial charge in [0.15, 0.2) is 0 Å². The summed E-state index contributed by atoms with van der Waals surface area (Å²) in [4.78, 5) is 2.42. The second kappa shape index (κ2) is 5.74. The van der Waals surface area contributed by atoms with Crippen LogP contribution < -0.4 is 10.2 Å². The lowest BCUT2D eigenvalue weighted by Crippen LogP contribution is -2.52. The Morgan fingerprint density at radius 3 is 2.75 bits per heavy atom. The van der Waals surface area contributed by atoms with Gasteiger partial charge in [-0.15, -0.1) is 0 Å². The average Bonchev–Trinajstić information content (AvgIpc) is 2.58. The van der Waals surface area contributed by atoms with Crippen LogP contribution in [0.3, 0.4) is 0 Å². The fourth-order valence-corrected chi connectivity index (χ4v) is 3.16. The predicted molar refractivity (Wildman–Crippen MR) is 82.2 cm³/mol. The number of aromatic nitrogens is 2. The van der Waals surface area contributed by atoms with Crippen molar-refractivity contribution >= 4 is 5.82 Å². The van der Waals surface area contributed by atoms with Crippen molar-refractivity contribution in [2.24, 2.45) is 7.05 Å². The molecule has 0 bridgehead atoms. The third kappa shape index (κ3) is 3.15. The summed E-state index contributed by atoms with van der Waals surface area (Å²) >= 11 is 0. The molecular weight excluding hydrogens is 252 g/mol. The van der Waals surface area contributed by atoms with E-state index in [-0.39, 0.29) is 11.7 Å². The van der Waals surface area contributed by atoms with E-state index in [4.69, 9.17) is 4.74 Å². The standard InChI is InChI=1S/C15H28N4O/c1-7-16-8-13-12(3)17-18(6)14(13)19-9-11(2)20-15(4,5)10-19/h11,16H,7-10H2,1-6H3. The minimum absolute atomic E-state index is 0.120. The second-order valence-corrected chi connectivity index (χ2v) is 6.36. The molecule has 1 aromatic rings. The van der Waals surface area contributed by atoms with Gasteiger partial charge in [0.05, 0.1) is 17.4 Å². The Balaban J connectivity index is 2.31. The van der Waals surface area contributed by atoms with Gasteiger partial charge in [0.25, 0.3) is 0 Å². The molecule has 0 amide bonds. The Morgan fingerprint density at radius 2 is 2.15 bits per heavy atom. The van der Waals surface area contributed by atoms with Crippen molar-refractivity contribution in [3.63, 3.8) is 0 Å². The van der Waals surface area contributed by atoms with Crippen LogP contribution in [-0.2, 0) is 18.3 Å². The molecule has 0 radical (unpaired) electrons. The van der Waals surface area contributed by atoms with Crippen LogP contribution in [0.5, 0.6) is 0 Å². The lowest BCUT2D eigenvalue weighted by molar-refractivity contribution is -0.0753. The lowest BCUT2D eigenvalue weighted by atomic mass is 10.0.